The molecule has 1 saturated carbocycles. The number of benzene rings is 1. The van der Waals surface area contributed by atoms with Gasteiger partial charge in [0.05, 0.1) is 11.7 Å². The molecule has 24 heavy (non-hydrogen) atoms. The molecule has 4 rings (SSSR count). The van der Waals surface area contributed by atoms with E-state index in [2.05, 4.69) is 15.7 Å². The van der Waals surface area contributed by atoms with E-state index >= 15 is 0 Å². The minimum atomic E-state index is -0.0839. The molecule has 1 aliphatic heterocycles. The van der Waals surface area contributed by atoms with E-state index in [4.69, 9.17) is 0 Å². The quantitative estimate of drug-likeness (QED) is 0.912. The number of amides is 1. The molecule has 126 valence electrons. The van der Waals surface area contributed by atoms with Crippen LogP contribution in [0.3, 0.4) is 0 Å². The van der Waals surface area contributed by atoms with Crippen LogP contribution in [0.2, 0.25) is 0 Å². The lowest BCUT2D eigenvalue weighted by molar-refractivity contribution is -0.117. The summed E-state index contributed by atoms with van der Waals surface area (Å²) >= 11 is 0. The average Bonchev–Trinajstić information content (AvgIpc) is 3.20. The maximum Gasteiger partial charge on any atom is 0.242 e. The van der Waals surface area contributed by atoms with Gasteiger partial charge in [0, 0.05) is 17.8 Å². The lowest BCUT2D eigenvalue weighted by Gasteiger charge is -2.24. The number of hydrogen-bond acceptors (Lipinski definition) is 3. The Morgan fingerprint density at radius 3 is 2.83 bits per heavy atom. The van der Waals surface area contributed by atoms with Crippen molar-refractivity contribution in [1.29, 1.82) is 0 Å². The van der Waals surface area contributed by atoms with Gasteiger partial charge in [0.25, 0.3) is 0 Å². The fraction of sp³-hybridized carbons (Fsp3) is 0.474. The number of fused-ring (bicyclic) bond motifs is 1. The van der Waals surface area contributed by atoms with Crippen LogP contribution in [0.4, 0.5) is 5.82 Å². The summed E-state index contributed by atoms with van der Waals surface area (Å²) in [5.74, 6) is 1.36. The van der Waals surface area contributed by atoms with Crippen molar-refractivity contribution in [2.24, 2.45) is 5.92 Å². The molecule has 1 amide bonds. The molecule has 0 spiro atoms. The number of anilines is 1. The van der Waals surface area contributed by atoms with Gasteiger partial charge in [0.2, 0.25) is 5.91 Å². The minimum absolute atomic E-state index is 0.0470. The predicted molar refractivity (Wildman–Crippen MR) is 94.2 cm³/mol. The van der Waals surface area contributed by atoms with E-state index in [0.29, 0.717) is 17.8 Å². The monoisotopic (exact) mass is 324 g/mol. The van der Waals surface area contributed by atoms with Crippen LogP contribution in [-0.4, -0.2) is 27.8 Å². The summed E-state index contributed by atoms with van der Waals surface area (Å²) in [6.07, 6.45) is 7.95. The van der Waals surface area contributed by atoms with Crippen LogP contribution in [0.1, 0.15) is 37.7 Å². The number of hydrogen-bond donors (Lipinski definition) is 2. The lowest BCUT2D eigenvalue weighted by Crippen LogP contribution is -2.40. The van der Waals surface area contributed by atoms with Crippen LogP contribution in [-0.2, 0) is 4.79 Å². The molecule has 5 heteroatoms. The predicted octanol–water partition coefficient (Wildman–Crippen LogP) is 3.04. The summed E-state index contributed by atoms with van der Waals surface area (Å²) in [5, 5.41) is 11.1. The zero-order chi connectivity index (χ0) is 16.5. The number of carbonyl (C=O) groups is 1. The first kappa shape index (κ1) is 15.4. The molecule has 2 N–H and O–H groups in total. The maximum absolute atomic E-state index is 12.6. The first-order valence-electron chi connectivity index (χ1n) is 8.89. The van der Waals surface area contributed by atoms with Gasteiger partial charge in [-0.25, -0.2) is 4.68 Å². The zero-order valence-corrected chi connectivity index (χ0v) is 14.0. The molecular weight excluding hydrogens is 300 g/mol. The Bertz CT molecular complexity index is 710. The summed E-state index contributed by atoms with van der Waals surface area (Å²) < 4.78 is 1.81. The molecule has 2 aliphatic rings. The minimum Gasteiger partial charge on any atom is -0.308 e. The van der Waals surface area contributed by atoms with Crippen LogP contribution in [0.5, 0.6) is 0 Å². The van der Waals surface area contributed by atoms with Crippen molar-refractivity contribution in [3.63, 3.8) is 0 Å². The molecule has 3 atom stereocenters. The SMILES string of the molecule is Cc1cn(-c2ccccc2)nc1NC(=O)[C@@H]1C[C@@H]2CCCC[C@H]2N1. The summed E-state index contributed by atoms with van der Waals surface area (Å²) in [6.45, 7) is 1.98. The van der Waals surface area contributed by atoms with Gasteiger partial charge in [-0.3, -0.25) is 4.79 Å². The highest BCUT2D eigenvalue weighted by atomic mass is 16.2. The van der Waals surface area contributed by atoms with E-state index in [0.717, 1.165) is 17.7 Å². The second-order valence-corrected chi connectivity index (χ2v) is 7.04. The molecule has 0 radical (unpaired) electrons. The van der Waals surface area contributed by atoms with E-state index in [1.807, 2.05) is 48.1 Å². The van der Waals surface area contributed by atoms with Crippen molar-refractivity contribution in [3.05, 3.63) is 42.1 Å². The standard InChI is InChI=1S/C19H24N4O/c1-13-12-23(15-8-3-2-4-9-15)22-18(13)21-19(24)17-11-14-7-5-6-10-16(14)20-17/h2-4,8-9,12,14,16-17,20H,5-7,10-11H2,1H3,(H,21,22,24)/t14-,16+,17-/m0/s1. The Balaban J connectivity index is 1.46. The Hall–Kier alpha value is -2.14. The van der Waals surface area contributed by atoms with Gasteiger partial charge in [-0.1, -0.05) is 31.0 Å². The van der Waals surface area contributed by atoms with E-state index in [1.54, 1.807) is 0 Å². The van der Waals surface area contributed by atoms with Crippen LogP contribution in [0.15, 0.2) is 36.5 Å². The number of aromatic nitrogens is 2. The Morgan fingerprint density at radius 1 is 1.25 bits per heavy atom. The lowest BCUT2D eigenvalue weighted by atomic mass is 9.85. The first-order chi connectivity index (χ1) is 11.7. The molecule has 1 aromatic heterocycles. The molecule has 0 unspecified atom stereocenters. The molecule has 2 aromatic rings. The van der Waals surface area contributed by atoms with Gasteiger partial charge in [-0.15, -0.1) is 5.10 Å². The van der Waals surface area contributed by atoms with Gasteiger partial charge in [0.1, 0.15) is 0 Å². The summed E-state index contributed by atoms with van der Waals surface area (Å²) in [5.41, 5.74) is 1.97. The molecule has 1 saturated heterocycles. The van der Waals surface area contributed by atoms with Gasteiger partial charge < -0.3 is 10.6 Å². The summed E-state index contributed by atoms with van der Waals surface area (Å²) in [4.78, 5) is 12.6. The largest absolute Gasteiger partial charge is 0.308 e. The van der Waals surface area contributed by atoms with E-state index in [-0.39, 0.29) is 11.9 Å². The first-order valence-corrected chi connectivity index (χ1v) is 8.89. The van der Waals surface area contributed by atoms with Crippen molar-refractivity contribution >= 4 is 11.7 Å². The summed E-state index contributed by atoms with van der Waals surface area (Å²) in [7, 11) is 0. The normalized spacial score (nSPS) is 26.1. The van der Waals surface area contributed by atoms with Crippen LogP contribution >= 0.6 is 0 Å². The smallest absolute Gasteiger partial charge is 0.242 e. The number of rotatable bonds is 3. The molecular formula is C19H24N4O. The Labute approximate surface area is 142 Å². The van der Waals surface area contributed by atoms with Crippen molar-refractivity contribution in [2.75, 3.05) is 5.32 Å². The molecule has 0 bridgehead atoms. The van der Waals surface area contributed by atoms with Crippen LogP contribution in [0, 0.1) is 12.8 Å². The topological polar surface area (TPSA) is 59.0 Å². The van der Waals surface area contributed by atoms with E-state index in [9.17, 15) is 4.79 Å². The maximum atomic E-state index is 12.6. The zero-order valence-electron chi connectivity index (χ0n) is 14.0. The highest BCUT2D eigenvalue weighted by Crippen LogP contribution is 2.33. The third-order valence-corrected chi connectivity index (χ3v) is 5.34. The Morgan fingerprint density at radius 2 is 2.04 bits per heavy atom. The molecule has 1 aromatic carbocycles. The number of nitrogens with zero attached hydrogens (tertiary/aromatic N) is 2. The van der Waals surface area contributed by atoms with Crippen LogP contribution < -0.4 is 10.6 Å². The number of para-hydroxylation sites is 1. The second-order valence-electron chi connectivity index (χ2n) is 7.04. The van der Waals surface area contributed by atoms with Gasteiger partial charge in [0.15, 0.2) is 5.82 Å². The summed E-state index contributed by atoms with van der Waals surface area (Å²) in [6, 6.07) is 10.4. The fourth-order valence-electron chi connectivity index (χ4n) is 4.02. The third kappa shape index (κ3) is 2.96. The molecule has 2 fully saturated rings. The molecule has 5 nitrogen and oxygen atoms in total. The van der Waals surface area contributed by atoms with Gasteiger partial charge >= 0.3 is 0 Å². The van der Waals surface area contributed by atoms with Crippen molar-refractivity contribution in [1.82, 2.24) is 15.1 Å². The molecule has 1 aliphatic carbocycles. The van der Waals surface area contributed by atoms with Gasteiger partial charge in [-0.2, -0.15) is 0 Å². The van der Waals surface area contributed by atoms with Gasteiger partial charge in [-0.05, 0) is 44.2 Å². The second kappa shape index (κ2) is 6.40. The van der Waals surface area contributed by atoms with Crippen molar-refractivity contribution < 1.29 is 4.79 Å². The molecule has 2 heterocycles. The fourth-order valence-corrected chi connectivity index (χ4v) is 4.02. The van der Waals surface area contributed by atoms with E-state index < -0.39 is 0 Å². The van der Waals surface area contributed by atoms with E-state index in [1.165, 1.54) is 25.7 Å². The number of carbonyl (C=O) groups excluding carboxylic acids is 1. The highest BCUT2D eigenvalue weighted by Gasteiger charge is 2.38. The number of aryl methyl sites for hydroxylation is 1. The van der Waals surface area contributed by atoms with Crippen molar-refractivity contribution in [2.45, 2.75) is 51.1 Å². The Kier molecular flexibility index (Phi) is 4.10. The number of nitrogens with one attached hydrogen (secondary N) is 2. The van der Waals surface area contributed by atoms with Crippen LogP contribution in [0.25, 0.3) is 5.69 Å². The highest BCUT2D eigenvalue weighted by molar-refractivity contribution is 5.94. The average molecular weight is 324 g/mol. The third-order valence-electron chi connectivity index (χ3n) is 5.34. The van der Waals surface area contributed by atoms with Crippen molar-refractivity contribution in [3.8, 4) is 5.69 Å².